The van der Waals surface area contributed by atoms with Crippen LogP contribution >= 0.6 is 15.9 Å². The van der Waals surface area contributed by atoms with Crippen LogP contribution in [0.15, 0.2) is 81.9 Å². The Morgan fingerprint density at radius 3 is 2.44 bits per heavy atom. The van der Waals surface area contributed by atoms with Crippen molar-refractivity contribution in [3.8, 4) is 5.75 Å². The zero-order valence-electron chi connectivity index (χ0n) is 19.4. The Morgan fingerprint density at radius 2 is 1.72 bits per heavy atom. The molecule has 0 aromatic heterocycles. The minimum atomic E-state index is -0.611. The van der Waals surface area contributed by atoms with Crippen molar-refractivity contribution >= 4 is 45.0 Å². The number of anilines is 1. The van der Waals surface area contributed by atoms with Crippen molar-refractivity contribution < 1.29 is 24.3 Å². The van der Waals surface area contributed by atoms with Crippen LogP contribution in [0.2, 0.25) is 0 Å². The maximum Gasteiger partial charge on any atom is 0.238 e. The van der Waals surface area contributed by atoms with Gasteiger partial charge in [0, 0.05) is 23.1 Å². The molecule has 0 bridgehead atoms. The number of ketones is 2. The van der Waals surface area contributed by atoms with Crippen molar-refractivity contribution in [2.75, 3.05) is 4.90 Å². The van der Waals surface area contributed by atoms with Gasteiger partial charge in [0.2, 0.25) is 11.8 Å². The molecule has 0 saturated carbocycles. The molecule has 36 heavy (non-hydrogen) atoms. The molecular weight excluding hydrogens is 522 g/mol. The third-order valence-electron chi connectivity index (χ3n) is 7.90. The standard InChI is InChI=1S/C29H22BrNO5/c1-14-11-15(7-10-22(14)32)24-17-8-9-18-25(29(36)31(28(18)35)16-5-3-2-4-6-16)19(17)12-20-26(24)23(33)13-21(30)27(20)34/h2-8,10-11,13,18-19,24-25,32H,9,12H2,1H3. The van der Waals surface area contributed by atoms with Crippen LogP contribution in [-0.2, 0) is 19.2 Å². The molecule has 2 aromatic rings. The topological polar surface area (TPSA) is 91.8 Å². The molecule has 7 heteroatoms. The molecule has 1 saturated heterocycles. The molecule has 0 spiro atoms. The minimum absolute atomic E-state index is 0.141. The molecule has 2 aromatic carbocycles. The highest BCUT2D eigenvalue weighted by Gasteiger charge is 2.56. The molecule has 6 rings (SSSR count). The Hall–Kier alpha value is -3.58. The highest BCUT2D eigenvalue weighted by Crippen LogP contribution is 2.55. The van der Waals surface area contributed by atoms with Gasteiger partial charge in [-0.25, -0.2) is 0 Å². The number of phenols is 1. The first-order chi connectivity index (χ1) is 17.3. The van der Waals surface area contributed by atoms with E-state index in [-0.39, 0.29) is 46.0 Å². The molecular formula is C29H22BrNO5. The van der Waals surface area contributed by atoms with E-state index in [9.17, 15) is 24.3 Å². The summed E-state index contributed by atoms with van der Waals surface area (Å²) in [6.45, 7) is 1.78. The first-order valence-corrected chi connectivity index (χ1v) is 12.7. The Morgan fingerprint density at radius 1 is 0.972 bits per heavy atom. The Bertz CT molecular complexity index is 1470. The fourth-order valence-corrected chi connectivity index (χ4v) is 6.72. The molecule has 2 amide bonds. The maximum absolute atomic E-state index is 13.8. The largest absolute Gasteiger partial charge is 0.508 e. The molecule has 3 aliphatic carbocycles. The number of nitrogens with zero attached hydrogens (tertiary/aromatic N) is 1. The normalized spacial score (nSPS) is 27.4. The summed E-state index contributed by atoms with van der Waals surface area (Å²) in [4.78, 5) is 55.0. The first-order valence-electron chi connectivity index (χ1n) is 11.9. The third-order valence-corrected chi connectivity index (χ3v) is 8.49. The van der Waals surface area contributed by atoms with E-state index in [0.29, 0.717) is 28.8 Å². The summed E-state index contributed by atoms with van der Waals surface area (Å²) in [6.07, 6.45) is 3.93. The number of phenolic OH excluding ortho intramolecular Hbond substituents is 1. The quantitative estimate of drug-likeness (QED) is 0.337. The van der Waals surface area contributed by atoms with Gasteiger partial charge in [-0.15, -0.1) is 0 Å². The summed E-state index contributed by atoms with van der Waals surface area (Å²) >= 11 is 3.24. The zero-order chi connectivity index (χ0) is 25.3. The SMILES string of the molecule is Cc1cc(C2C3=CCC4C(=O)N(c5ccccc5)C(=O)C4C3CC3=C2C(=O)C=C(Br)C3=O)ccc1O. The van der Waals surface area contributed by atoms with Crippen molar-refractivity contribution in [2.45, 2.75) is 25.7 Å². The van der Waals surface area contributed by atoms with E-state index in [1.54, 1.807) is 43.3 Å². The summed E-state index contributed by atoms with van der Waals surface area (Å²) in [5, 5.41) is 10.1. The summed E-state index contributed by atoms with van der Waals surface area (Å²) in [7, 11) is 0. The van der Waals surface area contributed by atoms with Gasteiger partial charge in [0.1, 0.15) is 5.75 Å². The van der Waals surface area contributed by atoms with Crippen LogP contribution in [0.25, 0.3) is 0 Å². The number of amides is 2. The number of Topliss-reactive ketones (excluding diaryl/α,β-unsaturated/α-hetero) is 1. The average Bonchev–Trinajstić information content (AvgIpc) is 3.13. The highest BCUT2D eigenvalue weighted by atomic mass is 79.9. The predicted octanol–water partition coefficient (Wildman–Crippen LogP) is 4.67. The molecule has 1 heterocycles. The fourth-order valence-electron chi connectivity index (χ4n) is 6.28. The lowest BCUT2D eigenvalue weighted by molar-refractivity contribution is -0.123. The molecule has 1 aliphatic heterocycles. The van der Waals surface area contributed by atoms with Crippen LogP contribution in [0.5, 0.6) is 5.75 Å². The Kier molecular flexibility index (Phi) is 5.23. The van der Waals surface area contributed by atoms with Gasteiger partial charge in [-0.2, -0.15) is 0 Å². The van der Waals surface area contributed by atoms with Crippen LogP contribution in [-0.4, -0.2) is 28.5 Å². The second-order valence-corrected chi connectivity index (χ2v) is 10.6. The van der Waals surface area contributed by atoms with Gasteiger partial charge >= 0.3 is 0 Å². The van der Waals surface area contributed by atoms with Gasteiger partial charge in [0.25, 0.3) is 0 Å². The number of allylic oxidation sites excluding steroid dienone is 6. The minimum Gasteiger partial charge on any atom is -0.508 e. The van der Waals surface area contributed by atoms with Crippen LogP contribution in [0.3, 0.4) is 0 Å². The maximum atomic E-state index is 13.8. The smallest absolute Gasteiger partial charge is 0.238 e. The van der Waals surface area contributed by atoms with E-state index in [0.717, 1.165) is 11.1 Å². The van der Waals surface area contributed by atoms with E-state index >= 15 is 0 Å². The number of para-hydroxylation sites is 1. The van der Waals surface area contributed by atoms with Crippen molar-refractivity contribution in [1.29, 1.82) is 0 Å². The predicted molar refractivity (Wildman–Crippen MR) is 136 cm³/mol. The summed E-state index contributed by atoms with van der Waals surface area (Å²) < 4.78 is 0.200. The fraction of sp³-hybridized carbons (Fsp3) is 0.241. The molecule has 4 aliphatic rings. The van der Waals surface area contributed by atoms with Crippen molar-refractivity contribution in [1.82, 2.24) is 0 Å². The second-order valence-electron chi connectivity index (χ2n) is 9.79. The number of carbonyl (C=O) groups is 4. The van der Waals surface area contributed by atoms with Gasteiger partial charge in [-0.05, 0) is 70.9 Å². The Labute approximate surface area is 216 Å². The lowest BCUT2D eigenvalue weighted by atomic mass is 9.59. The molecule has 1 fully saturated rings. The number of hydrogen-bond acceptors (Lipinski definition) is 5. The van der Waals surface area contributed by atoms with Crippen LogP contribution in [0, 0.1) is 24.7 Å². The van der Waals surface area contributed by atoms with Gasteiger partial charge < -0.3 is 5.11 Å². The van der Waals surface area contributed by atoms with E-state index in [2.05, 4.69) is 15.9 Å². The van der Waals surface area contributed by atoms with E-state index in [1.165, 1.54) is 11.0 Å². The number of aromatic hydroxyl groups is 1. The second kappa shape index (κ2) is 8.23. The van der Waals surface area contributed by atoms with Gasteiger partial charge in [0.15, 0.2) is 11.6 Å². The third kappa shape index (κ3) is 3.22. The highest BCUT2D eigenvalue weighted by molar-refractivity contribution is 9.12. The number of benzene rings is 2. The van der Waals surface area contributed by atoms with E-state index < -0.39 is 17.8 Å². The molecule has 4 atom stereocenters. The number of hydrogen-bond donors (Lipinski definition) is 1. The van der Waals surface area contributed by atoms with Gasteiger partial charge in [-0.1, -0.05) is 42.0 Å². The Balaban J connectivity index is 1.50. The molecule has 4 unspecified atom stereocenters. The number of imide groups is 1. The van der Waals surface area contributed by atoms with Gasteiger partial charge in [-0.3, -0.25) is 24.1 Å². The molecule has 6 nitrogen and oxygen atoms in total. The van der Waals surface area contributed by atoms with E-state index in [4.69, 9.17) is 0 Å². The van der Waals surface area contributed by atoms with Crippen molar-refractivity contribution in [2.24, 2.45) is 17.8 Å². The van der Waals surface area contributed by atoms with Crippen LogP contribution in [0.1, 0.15) is 29.9 Å². The van der Waals surface area contributed by atoms with Crippen LogP contribution < -0.4 is 4.90 Å². The monoisotopic (exact) mass is 543 g/mol. The van der Waals surface area contributed by atoms with Gasteiger partial charge in [0.05, 0.1) is 22.0 Å². The summed E-state index contributed by atoms with van der Waals surface area (Å²) in [5.74, 6) is -2.89. The lowest BCUT2D eigenvalue weighted by Crippen LogP contribution is -2.39. The molecule has 0 radical (unpaired) electrons. The first kappa shape index (κ1) is 22.9. The van der Waals surface area contributed by atoms with Crippen LogP contribution in [0.4, 0.5) is 5.69 Å². The number of rotatable bonds is 2. The number of fused-ring (bicyclic) bond motifs is 3. The average molecular weight is 544 g/mol. The number of aryl methyl sites for hydroxylation is 1. The number of halogens is 1. The molecule has 1 N–H and O–H groups in total. The summed E-state index contributed by atoms with van der Waals surface area (Å²) in [6, 6.07) is 14.1. The van der Waals surface area contributed by atoms with Crippen molar-refractivity contribution in [3.63, 3.8) is 0 Å². The summed E-state index contributed by atoms with van der Waals surface area (Å²) in [5.41, 5.74) is 3.68. The zero-order valence-corrected chi connectivity index (χ0v) is 21.0. The lowest BCUT2D eigenvalue weighted by Gasteiger charge is -2.42. The molecule has 180 valence electrons. The number of carbonyl (C=O) groups excluding carboxylic acids is 4. The van der Waals surface area contributed by atoms with Crippen molar-refractivity contribution in [3.05, 3.63) is 93.0 Å². The van der Waals surface area contributed by atoms with E-state index in [1.807, 2.05) is 18.2 Å².